The van der Waals surface area contributed by atoms with Crippen LogP contribution in [0.1, 0.15) is 32.3 Å². The SMILES string of the molecule is CCCC1(C)N=N1.Cc1ccc(N=[N+]=[N-])cc1. The fourth-order valence-corrected chi connectivity index (χ4v) is 1.32. The molecular formula is C12H17N5. The molecule has 1 aromatic rings. The number of hydrogen-bond donors (Lipinski definition) is 0. The molecule has 5 nitrogen and oxygen atoms in total. The predicted octanol–water partition coefficient (Wildman–Crippen LogP) is 4.91. The van der Waals surface area contributed by atoms with Gasteiger partial charge >= 0.3 is 0 Å². The highest BCUT2D eigenvalue weighted by Crippen LogP contribution is 2.31. The summed E-state index contributed by atoms with van der Waals surface area (Å²) in [5, 5.41) is 11.1. The van der Waals surface area contributed by atoms with Crippen LogP contribution in [0.3, 0.4) is 0 Å². The largest absolute Gasteiger partial charge is 0.188 e. The van der Waals surface area contributed by atoms with Gasteiger partial charge < -0.3 is 0 Å². The van der Waals surface area contributed by atoms with Gasteiger partial charge in [-0.15, -0.1) is 0 Å². The van der Waals surface area contributed by atoms with Gasteiger partial charge in [-0.3, -0.25) is 0 Å². The van der Waals surface area contributed by atoms with E-state index in [2.05, 4.69) is 34.1 Å². The third-order valence-electron chi connectivity index (χ3n) is 2.36. The zero-order valence-corrected chi connectivity index (χ0v) is 10.5. The van der Waals surface area contributed by atoms with Crippen LogP contribution >= 0.6 is 0 Å². The Balaban J connectivity index is 0.000000181. The van der Waals surface area contributed by atoms with Gasteiger partial charge in [-0.05, 0) is 25.8 Å². The van der Waals surface area contributed by atoms with Crippen molar-refractivity contribution in [3.63, 3.8) is 0 Å². The van der Waals surface area contributed by atoms with Gasteiger partial charge in [-0.25, -0.2) is 0 Å². The lowest BCUT2D eigenvalue weighted by atomic mass is 10.1. The summed E-state index contributed by atoms with van der Waals surface area (Å²) in [6.07, 6.45) is 2.30. The monoisotopic (exact) mass is 231 g/mol. The minimum Gasteiger partial charge on any atom is -0.159 e. The molecule has 5 heteroatoms. The Morgan fingerprint density at radius 1 is 1.29 bits per heavy atom. The summed E-state index contributed by atoms with van der Waals surface area (Å²) in [5.74, 6) is 0. The molecule has 0 bridgehead atoms. The quantitative estimate of drug-likeness (QED) is 0.403. The normalized spacial score (nSPS) is 14.3. The fourth-order valence-electron chi connectivity index (χ4n) is 1.32. The van der Waals surface area contributed by atoms with E-state index >= 15 is 0 Å². The molecule has 1 aromatic carbocycles. The summed E-state index contributed by atoms with van der Waals surface area (Å²) in [7, 11) is 0. The molecule has 0 aliphatic carbocycles. The van der Waals surface area contributed by atoms with E-state index in [1.165, 1.54) is 6.42 Å². The first-order valence-corrected chi connectivity index (χ1v) is 5.65. The summed E-state index contributed by atoms with van der Waals surface area (Å²) in [5.41, 5.74) is 9.92. The van der Waals surface area contributed by atoms with Crippen LogP contribution in [0.5, 0.6) is 0 Å². The van der Waals surface area contributed by atoms with E-state index in [1.807, 2.05) is 19.1 Å². The molecule has 0 amide bonds. The maximum atomic E-state index is 8.05. The summed E-state index contributed by atoms with van der Waals surface area (Å²) in [6.45, 7) is 6.19. The number of hydrogen-bond acceptors (Lipinski definition) is 3. The van der Waals surface area contributed by atoms with Crippen molar-refractivity contribution in [2.24, 2.45) is 15.3 Å². The van der Waals surface area contributed by atoms with E-state index in [0.717, 1.165) is 12.0 Å². The molecule has 0 unspecified atom stereocenters. The Bertz CT molecular complexity index is 423. The first kappa shape index (κ1) is 13.2. The Hall–Kier alpha value is -1.87. The Kier molecular flexibility index (Phi) is 4.67. The number of rotatable bonds is 3. The van der Waals surface area contributed by atoms with Gasteiger partial charge in [0, 0.05) is 10.6 Å². The maximum Gasteiger partial charge on any atom is 0.188 e. The molecule has 2 rings (SSSR count). The second kappa shape index (κ2) is 6.01. The van der Waals surface area contributed by atoms with E-state index < -0.39 is 0 Å². The van der Waals surface area contributed by atoms with E-state index in [4.69, 9.17) is 5.53 Å². The van der Waals surface area contributed by atoms with Crippen molar-refractivity contribution >= 4 is 5.69 Å². The lowest BCUT2D eigenvalue weighted by Crippen LogP contribution is -2.00. The summed E-state index contributed by atoms with van der Waals surface area (Å²) < 4.78 is 0. The van der Waals surface area contributed by atoms with Crippen molar-refractivity contribution < 1.29 is 0 Å². The van der Waals surface area contributed by atoms with Gasteiger partial charge in [0.15, 0.2) is 5.66 Å². The van der Waals surface area contributed by atoms with Crippen molar-refractivity contribution in [3.8, 4) is 0 Å². The van der Waals surface area contributed by atoms with Gasteiger partial charge in [0.25, 0.3) is 0 Å². The van der Waals surface area contributed by atoms with Crippen molar-refractivity contribution in [1.82, 2.24) is 0 Å². The number of aryl methyl sites for hydroxylation is 1. The van der Waals surface area contributed by atoms with Crippen molar-refractivity contribution in [1.29, 1.82) is 0 Å². The fraction of sp³-hybridized carbons (Fsp3) is 0.500. The summed E-state index contributed by atoms with van der Waals surface area (Å²) in [6, 6.07) is 7.39. The highest BCUT2D eigenvalue weighted by Gasteiger charge is 2.31. The van der Waals surface area contributed by atoms with Crippen LogP contribution in [-0.4, -0.2) is 5.66 Å². The standard InChI is InChI=1S/C7H7N3.C5H10N2/c1-6-2-4-7(5-3-6)9-10-8;1-3-4-5(2)6-7-5/h2-5H,1H3;3-4H2,1-2H3. The van der Waals surface area contributed by atoms with E-state index in [-0.39, 0.29) is 5.66 Å². The molecule has 90 valence electrons. The number of nitrogens with zero attached hydrogens (tertiary/aromatic N) is 5. The number of benzene rings is 1. The van der Waals surface area contributed by atoms with Gasteiger partial charge in [0.05, 0.1) is 0 Å². The summed E-state index contributed by atoms with van der Waals surface area (Å²) >= 11 is 0. The molecule has 1 aliphatic heterocycles. The van der Waals surface area contributed by atoms with Crippen LogP contribution in [0.4, 0.5) is 5.69 Å². The zero-order valence-electron chi connectivity index (χ0n) is 10.5. The second-order valence-corrected chi connectivity index (χ2v) is 4.19. The Morgan fingerprint density at radius 2 is 1.88 bits per heavy atom. The molecule has 17 heavy (non-hydrogen) atoms. The maximum absolute atomic E-state index is 8.05. The van der Waals surface area contributed by atoms with Gasteiger partial charge in [0.1, 0.15) is 0 Å². The lowest BCUT2D eigenvalue weighted by molar-refractivity contribution is 0.589. The second-order valence-electron chi connectivity index (χ2n) is 4.19. The zero-order chi connectivity index (χ0) is 12.7. The predicted molar refractivity (Wildman–Crippen MR) is 68.2 cm³/mol. The third kappa shape index (κ3) is 5.13. The van der Waals surface area contributed by atoms with E-state index in [1.54, 1.807) is 12.1 Å². The van der Waals surface area contributed by atoms with E-state index in [9.17, 15) is 0 Å². The topological polar surface area (TPSA) is 73.5 Å². The van der Waals surface area contributed by atoms with Crippen molar-refractivity contribution in [3.05, 3.63) is 40.3 Å². The van der Waals surface area contributed by atoms with Crippen molar-refractivity contribution in [2.75, 3.05) is 0 Å². The minimum atomic E-state index is 0.0503. The van der Waals surface area contributed by atoms with Gasteiger partial charge in [0.2, 0.25) is 0 Å². The average Bonchev–Trinajstić information content (AvgIpc) is 3.02. The van der Waals surface area contributed by atoms with Crippen molar-refractivity contribution in [2.45, 2.75) is 39.3 Å². The molecule has 0 N–H and O–H groups in total. The molecular weight excluding hydrogens is 214 g/mol. The van der Waals surface area contributed by atoms with Crippen LogP contribution < -0.4 is 0 Å². The molecule has 0 saturated heterocycles. The molecule has 0 aromatic heterocycles. The van der Waals surface area contributed by atoms with E-state index in [0.29, 0.717) is 5.69 Å². The molecule has 0 atom stereocenters. The summed E-state index contributed by atoms with van der Waals surface area (Å²) in [4.78, 5) is 2.66. The van der Waals surface area contributed by atoms with Gasteiger partial charge in [-0.2, -0.15) is 10.2 Å². The molecule has 1 aliphatic rings. The molecule has 0 radical (unpaired) electrons. The lowest BCUT2D eigenvalue weighted by Gasteiger charge is -1.95. The first-order chi connectivity index (χ1) is 8.09. The third-order valence-corrected chi connectivity index (χ3v) is 2.36. The first-order valence-electron chi connectivity index (χ1n) is 5.65. The molecule has 1 heterocycles. The molecule has 0 fully saturated rings. The minimum absolute atomic E-state index is 0.0503. The van der Waals surface area contributed by atoms with Crippen LogP contribution in [0.2, 0.25) is 0 Å². The van der Waals surface area contributed by atoms with Crippen LogP contribution in [0.25, 0.3) is 10.4 Å². The van der Waals surface area contributed by atoms with Gasteiger partial charge in [-0.1, -0.05) is 48.3 Å². The van der Waals surface area contributed by atoms with Crippen LogP contribution in [0, 0.1) is 6.92 Å². The van der Waals surface area contributed by atoms with Crippen LogP contribution in [-0.2, 0) is 0 Å². The Labute approximate surface area is 101 Å². The molecule has 0 saturated carbocycles. The average molecular weight is 231 g/mol. The Morgan fingerprint density at radius 3 is 2.24 bits per heavy atom. The van der Waals surface area contributed by atoms with Crippen LogP contribution in [0.15, 0.2) is 39.6 Å². The highest BCUT2D eigenvalue weighted by molar-refractivity contribution is 5.37. The number of azide groups is 1. The molecule has 0 spiro atoms. The smallest absolute Gasteiger partial charge is 0.159 e. The highest BCUT2D eigenvalue weighted by atomic mass is 15.4.